The molecule has 0 unspecified atom stereocenters. The number of carbonyl (C=O) groups excluding carboxylic acids is 1. The van der Waals surface area contributed by atoms with E-state index in [-0.39, 0.29) is 23.8 Å². The summed E-state index contributed by atoms with van der Waals surface area (Å²) in [4.78, 5) is 11.2. The number of nitriles is 3. The maximum absolute atomic E-state index is 11.2. The van der Waals surface area contributed by atoms with Crippen LogP contribution in [0.1, 0.15) is 6.92 Å². The van der Waals surface area contributed by atoms with E-state index in [1.54, 1.807) is 30.3 Å². The Morgan fingerprint density at radius 2 is 1.83 bits per heavy atom. The van der Waals surface area contributed by atoms with Crippen LogP contribution in [0.3, 0.4) is 0 Å². The lowest BCUT2D eigenvalue weighted by atomic mass is 10.2. The highest BCUT2D eigenvalue weighted by Gasteiger charge is 2.11. The van der Waals surface area contributed by atoms with Crippen molar-refractivity contribution in [1.82, 2.24) is 0 Å². The molecule has 0 atom stereocenters. The molecule has 0 radical (unpaired) electrons. The fraction of sp³-hybridized carbons (Fsp3) is 0.250. The van der Waals surface area contributed by atoms with Crippen molar-refractivity contribution in [1.29, 1.82) is 15.8 Å². The van der Waals surface area contributed by atoms with Gasteiger partial charge in [-0.25, -0.2) is 0 Å². The largest absolute Gasteiger partial charge is 0.489 e. The fourth-order valence-corrected chi connectivity index (χ4v) is 1.69. The van der Waals surface area contributed by atoms with Gasteiger partial charge in [-0.05, 0) is 18.2 Å². The number of anilines is 2. The zero-order valence-corrected chi connectivity index (χ0v) is 13.2. The van der Waals surface area contributed by atoms with E-state index >= 15 is 0 Å². The first-order chi connectivity index (χ1) is 11.5. The molecule has 0 aliphatic heterocycles. The summed E-state index contributed by atoms with van der Waals surface area (Å²) in [7, 11) is 1.53. The number of rotatable bonds is 7. The normalized spacial score (nSPS) is 8.96. The summed E-state index contributed by atoms with van der Waals surface area (Å²) in [6.07, 6.45) is 0. The molecule has 0 saturated carbocycles. The predicted molar refractivity (Wildman–Crippen MR) is 85.6 cm³/mol. The fourth-order valence-electron chi connectivity index (χ4n) is 1.69. The third-order valence-electron chi connectivity index (χ3n) is 2.69. The lowest BCUT2D eigenvalue weighted by molar-refractivity contribution is -0.114. The second kappa shape index (κ2) is 9.47. The van der Waals surface area contributed by atoms with Gasteiger partial charge in [0, 0.05) is 19.7 Å². The number of ether oxygens (including phenoxy) is 2. The second-order valence-electron chi connectivity index (χ2n) is 4.44. The highest BCUT2D eigenvalue weighted by molar-refractivity contribution is 5.89. The highest BCUT2D eigenvalue weighted by atomic mass is 16.5. The van der Waals surface area contributed by atoms with Crippen LogP contribution in [0.15, 0.2) is 29.5 Å². The summed E-state index contributed by atoms with van der Waals surface area (Å²) < 4.78 is 10.4. The predicted octanol–water partition coefficient (Wildman–Crippen LogP) is 1.91. The molecule has 1 amide bonds. The Bertz CT molecular complexity index is 749. The Labute approximate surface area is 139 Å². The van der Waals surface area contributed by atoms with Crippen molar-refractivity contribution >= 4 is 17.3 Å². The van der Waals surface area contributed by atoms with Crippen molar-refractivity contribution in [2.45, 2.75) is 6.92 Å². The summed E-state index contributed by atoms with van der Waals surface area (Å²) in [5.41, 5.74) is 0.232. The summed E-state index contributed by atoms with van der Waals surface area (Å²) in [6.45, 7) is 1.98. The van der Waals surface area contributed by atoms with E-state index in [2.05, 4.69) is 10.6 Å². The van der Waals surface area contributed by atoms with Gasteiger partial charge in [0.1, 0.15) is 36.3 Å². The quantitative estimate of drug-likeness (QED) is 0.578. The van der Waals surface area contributed by atoms with Gasteiger partial charge in [-0.1, -0.05) is 0 Å². The summed E-state index contributed by atoms with van der Waals surface area (Å²) >= 11 is 0. The number of methoxy groups -OCH3 is 1. The maximum Gasteiger partial charge on any atom is 0.221 e. The molecule has 0 aromatic heterocycles. The minimum absolute atomic E-state index is 0.212. The molecule has 1 aromatic rings. The molecular formula is C16H15N5O3. The van der Waals surface area contributed by atoms with Crippen LogP contribution >= 0.6 is 0 Å². The van der Waals surface area contributed by atoms with Gasteiger partial charge in [-0.3, -0.25) is 4.79 Å². The Hall–Kier alpha value is -3.54. The number of benzene rings is 1. The van der Waals surface area contributed by atoms with Crippen LogP contribution in [0.4, 0.5) is 11.4 Å². The van der Waals surface area contributed by atoms with Gasteiger partial charge in [-0.2, -0.15) is 15.8 Å². The van der Waals surface area contributed by atoms with E-state index in [9.17, 15) is 4.79 Å². The van der Waals surface area contributed by atoms with Gasteiger partial charge in [0.2, 0.25) is 5.91 Å². The third-order valence-corrected chi connectivity index (χ3v) is 2.69. The van der Waals surface area contributed by atoms with Crippen LogP contribution in [-0.4, -0.2) is 26.2 Å². The smallest absolute Gasteiger partial charge is 0.221 e. The number of allylic oxidation sites excluding steroid dienone is 2. The molecular weight excluding hydrogens is 310 g/mol. The highest BCUT2D eigenvalue weighted by Crippen LogP contribution is 2.29. The van der Waals surface area contributed by atoms with Crippen molar-refractivity contribution < 1.29 is 14.3 Å². The SMILES string of the molecule is COCCOc1ccc(NC(C)=O)cc1NC(C#N)=C(C#N)C#N. The van der Waals surface area contributed by atoms with Crippen LogP contribution in [-0.2, 0) is 9.53 Å². The van der Waals surface area contributed by atoms with Crippen molar-refractivity contribution in [3.05, 3.63) is 29.5 Å². The van der Waals surface area contributed by atoms with Crippen LogP contribution in [0.25, 0.3) is 0 Å². The minimum atomic E-state index is -0.356. The van der Waals surface area contributed by atoms with Gasteiger partial charge in [-0.15, -0.1) is 0 Å². The monoisotopic (exact) mass is 325 g/mol. The van der Waals surface area contributed by atoms with Crippen molar-refractivity contribution in [2.24, 2.45) is 0 Å². The molecule has 24 heavy (non-hydrogen) atoms. The standard InChI is InChI=1S/C16H15N5O3/c1-11(22)20-13-3-4-16(24-6-5-23-2)14(7-13)21-15(10-19)12(8-17)9-18/h3-4,7,21H,5-6H2,1-2H3,(H,20,22). The second-order valence-corrected chi connectivity index (χ2v) is 4.44. The zero-order chi connectivity index (χ0) is 17.9. The van der Waals surface area contributed by atoms with E-state index < -0.39 is 0 Å². The molecule has 0 spiro atoms. The van der Waals surface area contributed by atoms with E-state index in [0.717, 1.165) is 0 Å². The summed E-state index contributed by atoms with van der Waals surface area (Å²) in [5, 5.41) is 32.2. The van der Waals surface area contributed by atoms with Gasteiger partial charge in [0.15, 0.2) is 5.57 Å². The van der Waals surface area contributed by atoms with E-state index in [1.165, 1.54) is 20.1 Å². The van der Waals surface area contributed by atoms with Crippen LogP contribution < -0.4 is 15.4 Å². The number of nitrogens with zero attached hydrogens (tertiary/aromatic N) is 3. The first kappa shape index (κ1) is 18.5. The molecule has 1 rings (SSSR count). The lowest BCUT2D eigenvalue weighted by Crippen LogP contribution is -2.10. The minimum Gasteiger partial charge on any atom is -0.489 e. The van der Waals surface area contributed by atoms with Crippen molar-refractivity contribution in [3.63, 3.8) is 0 Å². The Balaban J connectivity index is 3.22. The van der Waals surface area contributed by atoms with Crippen LogP contribution in [0, 0.1) is 34.0 Å². The maximum atomic E-state index is 11.2. The number of carbonyl (C=O) groups is 1. The molecule has 8 nitrogen and oxygen atoms in total. The molecule has 0 bridgehead atoms. The van der Waals surface area contributed by atoms with Gasteiger partial charge in [0.05, 0.1) is 12.3 Å². The van der Waals surface area contributed by atoms with E-state index in [0.29, 0.717) is 23.7 Å². The molecule has 0 fully saturated rings. The molecule has 0 saturated heterocycles. The van der Waals surface area contributed by atoms with Crippen molar-refractivity contribution in [3.8, 4) is 24.0 Å². The topological polar surface area (TPSA) is 131 Å². The summed E-state index contributed by atoms with van der Waals surface area (Å²) in [5.74, 6) is 0.115. The van der Waals surface area contributed by atoms with Crippen LogP contribution in [0.2, 0.25) is 0 Å². The number of hydrogen-bond donors (Lipinski definition) is 2. The first-order valence-corrected chi connectivity index (χ1v) is 6.80. The Morgan fingerprint density at radius 3 is 2.38 bits per heavy atom. The molecule has 0 aliphatic rings. The average molecular weight is 325 g/mol. The van der Waals surface area contributed by atoms with Gasteiger partial charge >= 0.3 is 0 Å². The van der Waals surface area contributed by atoms with Crippen LogP contribution in [0.5, 0.6) is 5.75 Å². The van der Waals surface area contributed by atoms with E-state index in [4.69, 9.17) is 25.3 Å². The number of nitrogens with one attached hydrogen (secondary N) is 2. The molecule has 0 heterocycles. The average Bonchev–Trinajstić information content (AvgIpc) is 2.56. The molecule has 8 heteroatoms. The third kappa shape index (κ3) is 5.34. The number of hydrogen-bond acceptors (Lipinski definition) is 7. The van der Waals surface area contributed by atoms with Gasteiger partial charge < -0.3 is 20.1 Å². The van der Waals surface area contributed by atoms with Gasteiger partial charge in [0.25, 0.3) is 0 Å². The Kier molecular flexibility index (Phi) is 7.30. The van der Waals surface area contributed by atoms with Crippen molar-refractivity contribution in [2.75, 3.05) is 31.0 Å². The first-order valence-electron chi connectivity index (χ1n) is 6.80. The molecule has 0 aliphatic carbocycles. The molecule has 2 N–H and O–H groups in total. The summed E-state index contributed by atoms with van der Waals surface area (Å²) in [6, 6.07) is 9.81. The molecule has 1 aromatic carbocycles. The zero-order valence-electron chi connectivity index (χ0n) is 13.2. The molecule has 122 valence electrons. The lowest BCUT2D eigenvalue weighted by Gasteiger charge is -2.14. The number of amides is 1. The Morgan fingerprint density at radius 1 is 1.12 bits per heavy atom. The van der Waals surface area contributed by atoms with E-state index in [1.807, 2.05) is 0 Å².